The van der Waals surface area contributed by atoms with Crippen molar-refractivity contribution in [2.75, 3.05) is 46.3 Å². The molecule has 1 fully saturated rings. The largest absolute Gasteiger partial charge is 0.385 e. The van der Waals surface area contributed by atoms with Crippen molar-refractivity contribution in [3.05, 3.63) is 0 Å². The van der Waals surface area contributed by atoms with E-state index in [9.17, 15) is 8.42 Å². The van der Waals surface area contributed by atoms with Crippen molar-refractivity contribution in [1.29, 1.82) is 0 Å². The van der Waals surface area contributed by atoms with Gasteiger partial charge in [-0.3, -0.25) is 0 Å². The molecule has 7 heteroatoms. The zero-order chi connectivity index (χ0) is 13.6. The molecule has 1 saturated heterocycles. The zero-order valence-corrected chi connectivity index (χ0v) is 12.7. The van der Waals surface area contributed by atoms with Gasteiger partial charge in [0.15, 0.2) is 0 Å². The molecule has 0 aromatic rings. The van der Waals surface area contributed by atoms with Crippen molar-refractivity contribution in [1.82, 2.24) is 8.61 Å². The van der Waals surface area contributed by atoms with E-state index in [0.717, 1.165) is 12.8 Å². The molecule has 0 amide bonds. The van der Waals surface area contributed by atoms with Gasteiger partial charge in [0, 0.05) is 46.3 Å². The molecule has 0 unspecified atom stereocenters. The number of halogens is 1. The van der Waals surface area contributed by atoms with Crippen LogP contribution in [0.25, 0.3) is 0 Å². The second-order valence-electron chi connectivity index (χ2n) is 4.67. The van der Waals surface area contributed by atoms with Crippen LogP contribution in [0.2, 0.25) is 0 Å². The monoisotopic (exact) mass is 298 g/mol. The maximum Gasteiger partial charge on any atom is 0.281 e. The van der Waals surface area contributed by atoms with Gasteiger partial charge in [-0.1, -0.05) is 0 Å². The Morgan fingerprint density at radius 3 is 2.50 bits per heavy atom. The first-order valence-electron chi connectivity index (χ1n) is 6.28. The van der Waals surface area contributed by atoms with Crippen molar-refractivity contribution < 1.29 is 13.2 Å². The van der Waals surface area contributed by atoms with E-state index < -0.39 is 10.2 Å². The van der Waals surface area contributed by atoms with E-state index in [0.29, 0.717) is 44.5 Å². The first kappa shape index (κ1) is 16.2. The highest BCUT2D eigenvalue weighted by molar-refractivity contribution is 7.86. The fourth-order valence-electron chi connectivity index (χ4n) is 2.04. The Kier molecular flexibility index (Phi) is 6.87. The quantitative estimate of drug-likeness (QED) is 0.523. The number of ether oxygens (including phenoxy) is 1. The summed E-state index contributed by atoms with van der Waals surface area (Å²) in [6.07, 6.45) is 2.42. The molecular formula is C11H23ClN2O3S. The van der Waals surface area contributed by atoms with Gasteiger partial charge in [0.2, 0.25) is 0 Å². The lowest BCUT2D eigenvalue weighted by Crippen LogP contribution is -2.46. The zero-order valence-electron chi connectivity index (χ0n) is 11.1. The third-order valence-corrected chi connectivity index (χ3v) is 5.76. The van der Waals surface area contributed by atoms with Gasteiger partial charge >= 0.3 is 0 Å². The Balaban J connectivity index is 2.48. The van der Waals surface area contributed by atoms with Crippen LogP contribution in [0.5, 0.6) is 0 Å². The highest BCUT2D eigenvalue weighted by Gasteiger charge is 2.30. The lowest BCUT2D eigenvalue weighted by atomic mass is 10.0. The van der Waals surface area contributed by atoms with Crippen LogP contribution in [-0.2, 0) is 14.9 Å². The summed E-state index contributed by atoms with van der Waals surface area (Å²) < 4.78 is 32.4. The smallest absolute Gasteiger partial charge is 0.281 e. The Bertz CT molecular complexity index is 329. The molecule has 18 heavy (non-hydrogen) atoms. The van der Waals surface area contributed by atoms with Gasteiger partial charge in [0.25, 0.3) is 10.2 Å². The topological polar surface area (TPSA) is 49.9 Å². The Morgan fingerprint density at radius 2 is 2.00 bits per heavy atom. The van der Waals surface area contributed by atoms with Gasteiger partial charge in [0.05, 0.1) is 0 Å². The summed E-state index contributed by atoms with van der Waals surface area (Å²) in [5.74, 6) is 1.08. The van der Waals surface area contributed by atoms with E-state index in [2.05, 4.69) is 0 Å². The van der Waals surface area contributed by atoms with Crippen LogP contribution in [0.4, 0.5) is 0 Å². The maximum atomic E-state index is 12.3. The van der Waals surface area contributed by atoms with Crippen LogP contribution in [0.1, 0.15) is 19.3 Å². The summed E-state index contributed by atoms with van der Waals surface area (Å²) in [5, 5.41) is 0. The fourth-order valence-corrected chi connectivity index (χ4v) is 3.77. The third kappa shape index (κ3) is 4.35. The van der Waals surface area contributed by atoms with E-state index in [1.807, 2.05) is 0 Å². The molecule has 0 bridgehead atoms. The number of alkyl halides is 1. The number of hydrogen-bond acceptors (Lipinski definition) is 3. The van der Waals surface area contributed by atoms with Crippen molar-refractivity contribution in [2.24, 2.45) is 5.92 Å². The molecule has 5 nitrogen and oxygen atoms in total. The van der Waals surface area contributed by atoms with Crippen LogP contribution in [0, 0.1) is 5.92 Å². The van der Waals surface area contributed by atoms with Gasteiger partial charge in [-0.15, -0.1) is 11.6 Å². The standard InChI is InChI=1S/C11H23ClN2O3S/c1-13(6-3-9-17-2)18(15,16)14-7-4-11(10-12)5-8-14/h11H,3-10H2,1-2H3. The Hall–Kier alpha value is 0.120. The molecule has 1 aliphatic heterocycles. The number of hydrogen-bond donors (Lipinski definition) is 0. The van der Waals surface area contributed by atoms with Gasteiger partial charge in [-0.25, -0.2) is 0 Å². The number of nitrogens with zero attached hydrogens (tertiary/aromatic N) is 2. The normalized spacial score (nSPS) is 19.6. The predicted molar refractivity (Wildman–Crippen MR) is 73.1 cm³/mol. The second kappa shape index (κ2) is 7.65. The van der Waals surface area contributed by atoms with Crippen LogP contribution in [-0.4, -0.2) is 63.3 Å². The SMILES string of the molecule is COCCCN(C)S(=O)(=O)N1CCC(CCl)CC1. The number of rotatable bonds is 7. The Labute approximate surface area is 115 Å². The molecule has 0 N–H and O–H groups in total. The second-order valence-corrected chi connectivity index (χ2v) is 7.02. The van der Waals surface area contributed by atoms with E-state index in [1.165, 1.54) is 4.31 Å². The molecule has 0 atom stereocenters. The minimum atomic E-state index is -3.31. The molecule has 1 aliphatic rings. The molecule has 0 saturated carbocycles. The van der Waals surface area contributed by atoms with Gasteiger partial charge in [0.1, 0.15) is 0 Å². The molecule has 1 rings (SSSR count). The average Bonchev–Trinajstić information content (AvgIpc) is 2.39. The molecule has 108 valence electrons. The van der Waals surface area contributed by atoms with Crippen LogP contribution >= 0.6 is 11.6 Å². The van der Waals surface area contributed by atoms with Crippen molar-refractivity contribution in [2.45, 2.75) is 19.3 Å². The first-order valence-corrected chi connectivity index (χ1v) is 8.21. The molecule has 0 aromatic heterocycles. The lowest BCUT2D eigenvalue weighted by molar-refractivity contribution is 0.187. The highest BCUT2D eigenvalue weighted by atomic mass is 35.5. The van der Waals surface area contributed by atoms with Crippen molar-refractivity contribution in [3.8, 4) is 0 Å². The molecule has 0 radical (unpaired) electrons. The summed E-state index contributed by atoms with van der Waals surface area (Å²) in [5.41, 5.74) is 0. The highest BCUT2D eigenvalue weighted by Crippen LogP contribution is 2.21. The number of methoxy groups -OCH3 is 1. The van der Waals surface area contributed by atoms with Crippen LogP contribution in [0.15, 0.2) is 0 Å². The molecular weight excluding hydrogens is 276 g/mol. The summed E-state index contributed by atoms with van der Waals surface area (Å²) in [6.45, 7) is 2.22. The predicted octanol–water partition coefficient (Wildman–Crippen LogP) is 1.15. The first-order chi connectivity index (χ1) is 8.52. The van der Waals surface area contributed by atoms with E-state index in [4.69, 9.17) is 16.3 Å². The van der Waals surface area contributed by atoms with Crippen LogP contribution < -0.4 is 0 Å². The van der Waals surface area contributed by atoms with Gasteiger partial charge < -0.3 is 4.74 Å². The van der Waals surface area contributed by atoms with Gasteiger partial charge in [-0.05, 0) is 25.2 Å². The fraction of sp³-hybridized carbons (Fsp3) is 1.00. The molecule has 1 heterocycles. The van der Waals surface area contributed by atoms with E-state index >= 15 is 0 Å². The summed E-state index contributed by atoms with van der Waals surface area (Å²) >= 11 is 5.80. The Morgan fingerprint density at radius 1 is 1.39 bits per heavy atom. The molecule has 0 spiro atoms. The van der Waals surface area contributed by atoms with Gasteiger partial charge in [-0.2, -0.15) is 17.0 Å². The van der Waals surface area contributed by atoms with Crippen molar-refractivity contribution in [3.63, 3.8) is 0 Å². The molecule has 0 aromatic carbocycles. The van der Waals surface area contributed by atoms with Crippen molar-refractivity contribution >= 4 is 21.8 Å². The average molecular weight is 299 g/mol. The van der Waals surface area contributed by atoms with E-state index in [1.54, 1.807) is 18.5 Å². The summed E-state index contributed by atoms with van der Waals surface area (Å²) in [7, 11) is -0.0660. The van der Waals surface area contributed by atoms with Crippen LogP contribution in [0.3, 0.4) is 0 Å². The van der Waals surface area contributed by atoms with E-state index in [-0.39, 0.29) is 0 Å². The summed E-state index contributed by atoms with van der Waals surface area (Å²) in [4.78, 5) is 0. The molecule has 0 aliphatic carbocycles. The minimum Gasteiger partial charge on any atom is -0.385 e. The number of piperidine rings is 1. The summed E-state index contributed by atoms with van der Waals surface area (Å²) in [6, 6.07) is 0. The lowest BCUT2D eigenvalue weighted by Gasteiger charge is -2.33. The minimum absolute atomic E-state index is 0.455. The maximum absolute atomic E-state index is 12.3. The third-order valence-electron chi connectivity index (χ3n) is 3.33.